The van der Waals surface area contributed by atoms with E-state index >= 15 is 0 Å². The summed E-state index contributed by atoms with van der Waals surface area (Å²) >= 11 is 0. The van der Waals surface area contributed by atoms with Crippen LogP contribution < -0.4 is 0 Å². The van der Waals surface area contributed by atoms with Gasteiger partial charge in [0.05, 0.1) is 0 Å². The number of rotatable bonds is 3. The van der Waals surface area contributed by atoms with E-state index in [2.05, 4.69) is 52.3 Å². The van der Waals surface area contributed by atoms with Gasteiger partial charge in [-0.25, -0.2) is 0 Å². The second kappa shape index (κ2) is 12.1. The minimum Gasteiger partial charge on any atom is -0.332 e. The van der Waals surface area contributed by atoms with Gasteiger partial charge in [0.1, 0.15) is 0 Å². The summed E-state index contributed by atoms with van der Waals surface area (Å²) in [5, 5.41) is 0. The third-order valence-corrected chi connectivity index (χ3v) is 2.28. The van der Waals surface area contributed by atoms with Gasteiger partial charge in [-0.2, -0.15) is 49.2 Å². The van der Waals surface area contributed by atoms with Crippen LogP contribution in [0, 0.1) is 12.5 Å². The van der Waals surface area contributed by atoms with Gasteiger partial charge < -0.3 is 6.42 Å². The quantitative estimate of drug-likeness (QED) is 0.522. The Bertz CT molecular complexity index is 204. The monoisotopic (exact) mass is 214 g/mol. The van der Waals surface area contributed by atoms with Crippen molar-refractivity contribution >= 4 is 23.1 Å². The number of hydrogen-bond acceptors (Lipinski definition) is 0. The van der Waals surface area contributed by atoms with Gasteiger partial charge in [0.2, 0.25) is 0 Å². The van der Waals surface area contributed by atoms with Crippen LogP contribution in [-0.2, 0) is 0 Å². The molecular weight excluding hydrogens is 192 g/mol. The molecule has 0 aliphatic carbocycles. The third-order valence-electron chi connectivity index (χ3n) is 2.28. The SMILES string of the molecule is CCC(C)c1[c-]cccc1.C[CH-]CC.[Mg+2]. The second-order valence-electron chi connectivity index (χ2n) is 3.44. The molecule has 0 aromatic heterocycles. The van der Waals surface area contributed by atoms with Crippen LogP contribution in [0.1, 0.15) is 52.0 Å². The molecule has 0 saturated carbocycles. The number of unbranched alkanes of at least 4 members (excludes halogenated alkanes) is 1. The Balaban J connectivity index is 0. The van der Waals surface area contributed by atoms with E-state index in [1.54, 1.807) is 0 Å². The van der Waals surface area contributed by atoms with Crippen LogP contribution in [0.2, 0.25) is 0 Å². The van der Waals surface area contributed by atoms with Crippen LogP contribution in [0.15, 0.2) is 24.3 Å². The molecule has 0 nitrogen and oxygen atoms in total. The molecule has 0 aliphatic rings. The molecule has 1 unspecified atom stereocenters. The van der Waals surface area contributed by atoms with Crippen molar-refractivity contribution in [2.24, 2.45) is 0 Å². The van der Waals surface area contributed by atoms with E-state index in [9.17, 15) is 0 Å². The van der Waals surface area contributed by atoms with Gasteiger partial charge in [-0.15, -0.1) is 0 Å². The Morgan fingerprint density at radius 1 is 1.33 bits per heavy atom. The molecular formula is C14H22Mg. The third kappa shape index (κ3) is 8.95. The second-order valence-corrected chi connectivity index (χ2v) is 3.44. The average Bonchev–Trinajstić information content (AvgIpc) is 2.29. The summed E-state index contributed by atoms with van der Waals surface area (Å²) in [6.45, 7) is 8.61. The Labute approximate surface area is 112 Å². The number of hydrogen-bond donors (Lipinski definition) is 0. The molecule has 0 fully saturated rings. The maximum atomic E-state index is 3.22. The Hall–Kier alpha value is -0.0138. The summed E-state index contributed by atoms with van der Waals surface area (Å²) in [5.41, 5.74) is 1.32. The Kier molecular flexibility index (Phi) is 14.0. The minimum absolute atomic E-state index is 0. The zero-order valence-corrected chi connectivity index (χ0v) is 12.0. The van der Waals surface area contributed by atoms with Crippen LogP contribution in [0.5, 0.6) is 0 Å². The van der Waals surface area contributed by atoms with Crippen LogP contribution in [0.25, 0.3) is 0 Å². The zero-order valence-electron chi connectivity index (χ0n) is 10.6. The van der Waals surface area contributed by atoms with Gasteiger partial charge in [0.25, 0.3) is 0 Å². The number of benzene rings is 1. The van der Waals surface area contributed by atoms with E-state index in [0.717, 1.165) is 0 Å². The van der Waals surface area contributed by atoms with Crippen LogP contribution in [0.3, 0.4) is 0 Å². The normalized spacial score (nSPS) is 10.7. The summed E-state index contributed by atoms with van der Waals surface area (Å²) in [6.07, 6.45) is 4.51. The molecule has 0 saturated heterocycles. The van der Waals surface area contributed by atoms with E-state index in [1.807, 2.05) is 12.1 Å². The van der Waals surface area contributed by atoms with E-state index in [1.165, 1.54) is 18.4 Å². The first-order chi connectivity index (χ1) is 6.76. The maximum Gasteiger partial charge on any atom is 2.00 e. The molecule has 0 N–H and O–H groups in total. The van der Waals surface area contributed by atoms with Gasteiger partial charge in [-0.3, -0.25) is 0 Å². The van der Waals surface area contributed by atoms with Gasteiger partial charge in [-0.1, -0.05) is 27.2 Å². The standard InChI is InChI=1S/C10H13.C4H9.Mg/c1-3-9(2)10-7-5-4-6-8-10;1-3-4-2;/h4-7,9H,3H2,1-2H3;3H,4H2,1-2H3;/q2*-1;+2. The molecule has 1 aromatic rings. The fraction of sp³-hybridized carbons (Fsp3) is 0.500. The van der Waals surface area contributed by atoms with Crippen molar-refractivity contribution in [3.05, 3.63) is 42.3 Å². The van der Waals surface area contributed by atoms with Crippen molar-refractivity contribution in [1.29, 1.82) is 0 Å². The topological polar surface area (TPSA) is 0 Å². The van der Waals surface area contributed by atoms with E-state index < -0.39 is 0 Å². The van der Waals surface area contributed by atoms with E-state index in [4.69, 9.17) is 0 Å². The fourth-order valence-electron chi connectivity index (χ4n) is 0.934. The summed E-state index contributed by atoms with van der Waals surface area (Å²) < 4.78 is 0. The predicted molar refractivity (Wildman–Crippen MR) is 70.0 cm³/mol. The molecule has 0 spiro atoms. The first kappa shape index (κ1) is 17.4. The van der Waals surface area contributed by atoms with Crippen molar-refractivity contribution in [2.45, 2.75) is 46.5 Å². The molecule has 80 valence electrons. The maximum absolute atomic E-state index is 3.22. The van der Waals surface area contributed by atoms with Crippen molar-refractivity contribution in [2.75, 3.05) is 0 Å². The first-order valence-electron chi connectivity index (χ1n) is 5.50. The summed E-state index contributed by atoms with van der Waals surface area (Å²) in [5.74, 6) is 0.654. The van der Waals surface area contributed by atoms with Gasteiger partial charge >= 0.3 is 23.1 Å². The van der Waals surface area contributed by atoms with Crippen molar-refractivity contribution < 1.29 is 0 Å². The van der Waals surface area contributed by atoms with Crippen molar-refractivity contribution in [3.63, 3.8) is 0 Å². The molecule has 0 heterocycles. The van der Waals surface area contributed by atoms with Gasteiger partial charge in [0, 0.05) is 0 Å². The molecule has 0 aliphatic heterocycles. The minimum atomic E-state index is 0. The summed E-state index contributed by atoms with van der Waals surface area (Å²) in [4.78, 5) is 0. The zero-order chi connectivity index (χ0) is 10.8. The van der Waals surface area contributed by atoms with Gasteiger partial charge in [-0.05, 0) is 5.92 Å². The average molecular weight is 215 g/mol. The van der Waals surface area contributed by atoms with Crippen molar-refractivity contribution in [3.8, 4) is 0 Å². The Morgan fingerprint density at radius 2 is 1.93 bits per heavy atom. The van der Waals surface area contributed by atoms with E-state index in [-0.39, 0.29) is 23.1 Å². The molecule has 1 rings (SSSR count). The molecule has 1 aromatic carbocycles. The first-order valence-corrected chi connectivity index (χ1v) is 5.50. The van der Waals surface area contributed by atoms with Crippen LogP contribution in [-0.4, -0.2) is 23.1 Å². The molecule has 0 bridgehead atoms. The van der Waals surface area contributed by atoms with Crippen LogP contribution >= 0.6 is 0 Å². The molecule has 0 radical (unpaired) electrons. The van der Waals surface area contributed by atoms with Crippen LogP contribution in [0.4, 0.5) is 0 Å². The molecule has 1 heteroatoms. The van der Waals surface area contributed by atoms with Gasteiger partial charge in [0.15, 0.2) is 0 Å². The molecule has 15 heavy (non-hydrogen) atoms. The smallest absolute Gasteiger partial charge is 0.332 e. The van der Waals surface area contributed by atoms with E-state index in [0.29, 0.717) is 5.92 Å². The Morgan fingerprint density at radius 3 is 2.27 bits per heavy atom. The molecule has 0 amide bonds. The fourth-order valence-corrected chi connectivity index (χ4v) is 0.934. The summed E-state index contributed by atoms with van der Waals surface area (Å²) in [7, 11) is 0. The van der Waals surface area contributed by atoms with Crippen molar-refractivity contribution in [1.82, 2.24) is 0 Å². The molecule has 1 atom stereocenters. The summed E-state index contributed by atoms with van der Waals surface area (Å²) in [6, 6.07) is 11.4. The predicted octanol–water partition coefficient (Wildman–Crippen LogP) is 4.24. The largest absolute Gasteiger partial charge is 2.00 e.